The van der Waals surface area contributed by atoms with Crippen molar-refractivity contribution in [1.82, 2.24) is 15.1 Å². The number of hydrogen-bond acceptors (Lipinski definition) is 5. The van der Waals surface area contributed by atoms with Crippen LogP contribution >= 0.6 is 0 Å². The number of nitrogens with one attached hydrogen (secondary N) is 1. The lowest BCUT2D eigenvalue weighted by Crippen LogP contribution is -2.52. The molecule has 0 aromatic rings. The van der Waals surface area contributed by atoms with Gasteiger partial charge in [-0.2, -0.15) is 0 Å². The van der Waals surface area contributed by atoms with Crippen LogP contribution in [-0.2, 0) is 9.53 Å². The highest BCUT2D eigenvalue weighted by Gasteiger charge is 2.37. The number of nitrogens with zero attached hydrogens (tertiary/aromatic N) is 2. The molecule has 0 aromatic carbocycles. The van der Waals surface area contributed by atoms with Gasteiger partial charge in [0.25, 0.3) is 0 Å². The number of aliphatic hydroxyl groups is 1. The standard InChI is InChI=1S/C15H29N3O3/c1-3-17-6-4-13(5-7-17)18-8-9-21-12-15(20,11-18)10-14(19)16-2/h13,20H,3-12H2,1-2H3,(H,16,19)/t15-/m0/s1. The first-order valence-electron chi connectivity index (χ1n) is 8.03. The molecular formula is C15H29N3O3. The molecule has 0 bridgehead atoms. The largest absolute Gasteiger partial charge is 0.386 e. The average molecular weight is 299 g/mol. The number of likely N-dealkylation sites (tertiary alicyclic amines) is 1. The molecule has 2 N–H and O–H groups in total. The number of carbonyl (C=O) groups excluding carboxylic acids is 1. The van der Waals surface area contributed by atoms with E-state index in [-0.39, 0.29) is 18.9 Å². The first-order valence-corrected chi connectivity index (χ1v) is 8.03. The second-order valence-electron chi connectivity index (χ2n) is 6.26. The normalized spacial score (nSPS) is 30.0. The number of piperidine rings is 1. The molecule has 0 aromatic heterocycles. The monoisotopic (exact) mass is 299 g/mol. The Bertz CT molecular complexity index is 345. The van der Waals surface area contributed by atoms with Crippen LogP contribution in [0.3, 0.4) is 0 Å². The highest BCUT2D eigenvalue weighted by molar-refractivity contribution is 5.76. The minimum atomic E-state index is -1.07. The van der Waals surface area contributed by atoms with E-state index < -0.39 is 5.60 Å². The maximum Gasteiger partial charge on any atom is 0.222 e. The fourth-order valence-electron chi connectivity index (χ4n) is 3.35. The summed E-state index contributed by atoms with van der Waals surface area (Å²) in [6, 6.07) is 0.491. The third-order valence-electron chi connectivity index (χ3n) is 4.68. The molecule has 122 valence electrons. The van der Waals surface area contributed by atoms with Crippen LogP contribution in [0.5, 0.6) is 0 Å². The smallest absolute Gasteiger partial charge is 0.222 e. The average Bonchev–Trinajstić information content (AvgIpc) is 2.69. The van der Waals surface area contributed by atoms with Gasteiger partial charge in [-0.3, -0.25) is 9.69 Å². The quantitative estimate of drug-likeness (QED) is 0.744. The van der Waals surface area contributed by atoms with Crippen LogP contribution in [-0.4, -0.2) is 85.4 Å². The van der Waals surface area contributed by atoms with E-state index in [1.165, 1.54) is 0 Å². The fourth-order valence-corrected chi connectivity index (χ4v) is 3.35. The number of carbonyl (C=O) groups is 1. The van der Waals surface area contributed by atoms with Crippen LogP contribution in [0.25, 0.3) is 0 Å². The molecule has 6 nitrogen and oxygen atoms in total. The van der Waals surface area contributed by atoms with Crippen LogP contribution < -0.4 is 5.32 Å². The summed E-state index contributed by atoms with van der Waals surface area (Å²) in [5, 5.41) is 13.3. The molecule has 0 unspecified atom stereocenters. The molecule has 0 aliphatic carbocycles. The molecule has 2 saturated heterocycles. The van der Waals surface area contributed by atoms with E-state index in [1.807, 2.05) is 0 Å². The van der Waals surface area contributed by atoms with Crippen molar-refractivity contribution in [2.75, 3.05) is 53.0 Å². The van der Waals surface area contributed by atoms with Crippen molar-refractivity contribution in [3.05, 3.63) is 0 Å². The van der Waals surface area contributed by atoms with Crippen molar-refractivity contribution >= 4 is 5.91 Å². The SMILES string of the molecule is CCN1CCC(N2CCOC[C@](O)(CC(=O)NC)C2)CC1. The van der Waals surface area contributed by atoms with Crippen molar-refractivity contribution in [3.8, 4) is 0 Å². The van der Waals surface area contributed by atoms with Gasteiger partial charge in [0.1, 0.15) is 5.60 Å². The number of amides is 1. The van der Waals surface area contributed by atoms with Crippen molar-refractivity contribution in [2.24, 2.45) is 0 Å². The summed E-state index contributed by atoms with van der Waals surface area (Å²) >= 11 is 0. The van der Waals surface area contributed by atoms with Crippen molar-refractivity contribution in [2.45, 2.75) is 37.8 Å². The van der Waals surface area contributed by atoms with Gasteiger partial charge in [-0.05, 0) is 32.5 Å². The molecule has 2 rings (SSSR count). The van der Waals surface area contributed by atoms with Crippen LogP contribution in [0.1, 0.15) is 26.2 Å². The molecule has 6 heteroatoms. The summed E-state index contributed by atoms with van der Waals surface area (Å²) in [4.78, 5) is 16.4. The molecule has 21 heavy (non-hydrogen) atoms. The van der Waals surface area contributed by atoms with Crippen molar-refractivity contribution in [1.29, 1.82) is 0 Å². The second-order valence-corrected chi connectivity index (χ2v) is 6.26. The fraction of sp³-hybridized carbons (Fsp3) is 0.933. The highest BCUT2D eigenvalue weighted by atomic mass is 16.5. The summed E-state index contributed by atoms with van der Waals surface area (Å²) in [6.07, 6.45) is 2.36. The third-order valence-corrected chi connectivity index (χ3v) is 4.68. The minimum Gasteiger partial charge on any atom is -0.386 e. The van der Waals surface area contributed by atoms with E-state index in [4.69, 9.17) is 4.74 Å². The Labute approximate surface area is 127 Å². The Morgan fingerprint density at radius 3 is 2.71 bits per heavy atom. The Kier molecular flexibility index (Phi) is 5.98. The molecule has 2 aliphatic heterocycles. The Balaban J connectivity index is 1.94. The van der Waals surface area contributed by atoms with Gasteiger partial charge in [0, 0.05) is 26.2 Å². The Hall–Kier alpha value is -0.690. The topological polar surface area (TPSA) is 65.0 Å². The van der Waals surface area contributed by atoms with E-state index >= 15 is 0 Å². The van der Waals surface area contributed by atoms with E-state index in [0.29, 0.717) is 19.2 Å². The lowest BCUT2D eigenvalue weighted by molar-refractivity contribution is -0.128. The predicted molar refractivity (Wildman–Crippen MR) is 81.2 cm³/mol. The molecule has 2 heterocycles. The molecule has 1 amide bonds. The van der Waals surface area contributed by atoms with Crippen LogP contribution in [0, 0.1) is 0 Å². The minimum absolute atomic E-state index is 0.105. The maximum absolute atomic E-state index is 11.6. The summed E-state index contributed by atoms with van der Waals surface area (Å²) in [5.41, 5.74) is -1.07. The first kappa shape index (κ1) is 16.7. The lowest BCUT2D eigenvalue weighted by atomic mass is 9.96. The highest BCUT2D eigenvalue weighted by Crippen LogP contribution is 2.23. The van der Waals surface area contributed by atoms with Gasteiger partial charge in [0.2, 0.25) is 5.91 Å². The van der Waals surface area contributed by atoms with E-state index in [1.54, 1.807) is 7.05 Å². The van der Waals surface area contributed by atoms with Gasteiger partial charge in [-0.15, -0.1) is 0 Å². The first-order chi connectivity index (χ1) is 10.1. The Morgan fingerprint density at radius 2 is 2.10 bits per heavy atom. The zero-order chi connectivity index (χ0) is 15.3. The summed E-state index contributed by atoms with van der Waals surface area (Å²) in [6.45, 7) is 7.77. The van der Waals surface area contributed by atoms with Crippen molar-refractivity contribution in [3.63, 3.8) is 0 Å². The molecule has 0 radical (unpaired) electrons. The molecule has 2 fully saturated rings. The number of ether oxygens (including phenoxy) is 1. The van der Waals surface area contributed by atoms with E-state index in [9.17, 15) is 9.90 Å². The molecular weight excluding hydrogens is 270 g/mol. The van der Waals surface area contributed by atoms with Crippen LogP contribution in [0.15, 0.2) is 0 Å². The molecule has 0 spiro atoms. The number of β-amino-alcohol motifs (C(OH)–C–C–N with tert-alkyl or cyclic N) is 1. The van der Waals surface area contributed by atoms with Gasteiger partial charge >= 0.3 is 0 Å². The molecule has 2 aliphatic rings. The second kappa shape index (κ2) is 7.54. The van der Waals surface area contributed by atoms with E-state index in [0.717, 1.165) is 39.0 Å². The van der Waals surface area contributed by atoms with Gasteiger partial charge in [-0.25, -0.2) is 0 Å². The molecule has 1 atom stereocenters. The third kappa shape index (κ3) is 4.64. The van der Waals surface area contributed by atoms with Crippen molar-refractivity contribution < 1.29 is 14.6 Å². The summed E-state index contributed by atoms with van der Waals surface area (Å²) < 4.78 is 5.54. The Morgan fingerprint density at radius 1 is 1.38 bits per heavy atom. The number of hydrogen-bond donors (Lipinski definition) is 2. The van der Waals surface area contributed by atoms with Gasteiger partial charge < -0.3 is 20.1 Å². The van der Waals surface area contributed by atoms with Crippen LogP contribution in [0.4, 0.5) is 0 Å². The predicted octanol–water partition coefficient (Wildman–Crippen LogP) is -0.330. The van der Waals surface area contributed by atoms with Gasteiger partial charge in [0.05, 0.1) is 19.6 Å². The maximum atomic E-state index is 11.6. The van der Waals surface area contributed by atoms with Gasteiger partial charge in [0.15, 0.2) is 0 Å². The summed E-state index contributed by atoms with van der Waals surface area (Å²) in [7, 11) is 1.60. The number of rotatable bonds is 4. The zero-order valence-corrected chi connectivity index (χ0v) is 13.3. The zero-order valence-electron chi connectivity index (χ0n) is 13.3. The van der Waals surface area contributed by atoms with E-state index in [2.05, 4.69) is 22.0 Å². The summed E-state index contributed by atoms with van der Waals surface area (Å²) in [5.74, 6) is -0.135. The molecule has 0 saturated carbocycles. The van der Waals surface area contributed by atoms with Crippen LogP contribution in [0.2, 0.25) is 0 Å². The van der Waals surface area contributed by atoms with Gasteiger partial charge in [-0.1, -0.05) is 6.92 Å². The lowest BCUT2D eigenvalue weighted by Gasteiger charge is -2.40.